The van der Waals surface area contributed by atoms with Crippen LogP contribution in [0.1, 0.15) is 12.8 Å². The van der Waals surface area contributed by atoms with E-state index in [0.717, 1.165) is 17.5 Å². The zero-order valence-electron chi connectivity index (χ0n) is 15.7. The Hall–Kier alpha value is -3.08. The van der Waals surface area contributed by atoms with Gasteiger partial charge in [0.2, 0.25) is 0 Å². The van der Waals surface area contributed by atoms with Gasteiger partial charge in [0.25, 0.3) is 0 Å². The molecule has 2 fully saturated rings. The minimum Gasteiger partial charge on any atom is -0.371 e. The fourth-order valence-corrected chi connectivity index (χ4v) is 4.06. The molecular weight excluding hydrogens is 401 g/mol. The topological polar surface area (TPSA) is 85.5 Å². The molecule has 30 heavy (non-hydrogen) atoms. The van der Waals surface area contributed by atoms with Gasteiger partial charge in [-0.1, -0.05) is 0 Å². The maximum Gasteiger partial charge on any atom is 0.408 e. The van der Waals surface area contributed by atoms with E-state index in [1.165, 1.54) is 18.3 Å². The normalized spacial score (nSPS) is 21.4. The van der Waals surface area contributed by atoms with Crippen molar-refractivity contribution in [2.75, 3.05) is 18.0 Å². The number of hydrogen-bond donors (Lipinski definition) is 0. The van der Waals surface area contributed by atoms with Crippen LogP contribution in [0.4, 0.5) is 24.7 Å². The van der Waals surface area contributed by atoms with Crippen LogP contribution in [0.25, 0.3) is 22.4 Å². The van der Waals surface area contributed by atoms with Crippen LogP contribution in [-0.4, -0.2) is 51.2 Å². The van der Waals surface area contributed by atoms with Crippen LogP contribution in [0.15, 0.2) is 35.6 Å². The Balaban J connectivity index is 1.64. The van der Waals surface area contributed by atoms with E-state index < -0.39 is 12.7 Å². The predicted octanol–water partition coefficient (Wildman–Crippen LogP) is 3.82. The third-order valence-electron chi connectivity index (χ3n) is 5.38. The Labute approximate surface area is 168 Å². The highest BCUT2D eigenvalue weighted by Gasteiger charge is 2.36. The predicted molar refractivity (Wildman–Crippen MR) is 102 cm³/mol. The van der Waals surface area contributed by atoms with E-state index >= 15 is 0 Å². The highest BCUT2D eigenvalue weighted by molar-refractivity contribution is 5.89. The monoisotopic (exact) mass is 418 g/mol. The Morgan fingerprint density at radius 1 is 1.10 bits per heavy atom. The lowest BCUT2D eigenvalue weighted by Gasteiger charge is -2.33. The van der Waals surface area contributed by atoms with Crippen LogP contribution in [0, 0.1) is 4.91 Å². The zero-order valence-corrected chi connectivity index (χ0v) is 15.7. The fourth-order valence-electron chi connectivity index (χ4n) is 4.06. The molecule has 2 unspecified atom stereocenters. The van der Waals surface area contributed by atoms with Gasteiger partial charge >= 0.3 is 6.18 Å². The van der Waals surface area contributed by atoms with E-state index in [1.807, 2.05) is 4.90 Å². The van der Waals surface area contributed by atoms with Crippen molar-refractivity contribution >= 4 is 22.5 Å². The van der Waals surface area contributed by atoms with Gasteiger partial charge in [-0.25, -0.2) is 14.6 Å². The first-order chi connectivity index (χ1) is 14.4. The smallest absolute Gasteiger partial charge is 0.371 e. The summed E-state index contributed by atoms with van der Waals surface area (Å²) >= 11 is 0. The van der Waals surface area contributed by atoms with E-state index in [9.17, 15) is 18.1 Å². The lowest BCUT2D eigenvalue weighted by molar-refractivity contribution is -0.141. The van der Waals surface area contributed by atoms with Gasteiger partial charge in [-0.05, 0) is 42.3 Å². The molecule has 8 nitrogen and oxygen atoms in total. The molecule has 0 N–H and O–H groups in total. The van der Waals surface area contributed by atoms with Crippen molar-refractivity contribution in [1.82, 2.24) is 19.7 Å². The van der Waals surface area contributed by atoms with E-state index in [0.29, 0.717) is 29.9 Å². The molecule has 5 rings (SSSR count). The third-order valence-corrected chi connectivity index (χ3v) is 5.38. The van der Waals surface area contributed by atoms with Gasteiger partial charge < -0.3 is 9.64 Å². The molecule has 0 spiro atoms. The number of nitroso groups, excluding NO2 is 1. The molecule has 2 aliphatic rings. The molecule has 1 aromatic carbocycles. The molecule has 0 aliphatic carbocycles. The average Bonchev–Trinajstić information content (AvgIpc) is 3.28. The summed E-state index contributed by atoms with van der Waals surface area (Å²) in [6.07, 6.45) is -0.969. The van der Waals surface area contributed by atoms with Crippen molar-refractivity contribution in [1.29, 1.82) is 0 Å². The number of rotatable bonds is 4. The van der Waals surface area contributed by atoms with Crippen LogP contribution in [0.3, 0.4) is 0 Å². The number of aromatic nitrogens is 4. The van der Waals surface area contributed by atoms with Gasteiger partial charge in [-0.2, -0.15) is 18.3 Å². The summed E-state index contributed by atoms with van der Waals surface area (Å²) in [5.41, 5.74) is 0.928. The van der Waals surface area contributed by atoms with Crippen LogP contribution in [-0.2, 0) is 11.3 Å². The first-order valence-corrected chi connectivity index (χ1v) is 9.54. The van der Waals surface area contributed by atoms with Crippen LogP contribution in [0.5, 0.6) is 0 Å². The van der Waals surface area contributed by atoms with Crippen molar-refractivity contribution < 1.29 is 17.9 Å². The van der Waals surface area contributed by atoms with Crippen LogP contribution >= 0.6 is 0 Å². The van der Waals surface area contributed by atoms with Gasteiger partial charge in [0.15, 0.2) is 11.5 Å². The lowest BCUT2D eigenvalue weighted by Crippen LogP contribution is -2.43. The summed E-state index contributed by atoms with van der Waals surface area (Å²) < 4.78 is 45.9. The molecule has 2 bridgehead atoms. The summed E-state index contributed by atoms with van der Waals surface area (Å²) in [5, 5.41) is 7.26. The lowest BCUT2D eigenvalue weighted by atomic mass is 10.2. The molecule has 2 aromatic heterocycles. The van der Waals surface area contributed by atoms with Crippen LogP contribution in [0.2, 0.25) is 0 Å². The van der Waals surface area contributed by atoms with Gasteiger partial charge in [-0.15, -0.1) is 4.91 Å². The summed E-state index contributed by atoms with van der Waals surface area (Å²) in [4.78, 5) is 21.8. The number of anilines is 1. The number of hydrogen-bond acceptors (Lipinski definition) is 7. The second-order valence-electron chi connectivity index (χ2n) is 7.53. The number of ether oxygens (including phenoxy) is 1. The number of morpholine rings is 1. The Morgan fingerprint density at radius 3 is 2.43 bits per heavy atom. The maximum absolute atomic E-state index is 13.0. The van der Waals surface area contributed by atoms with Crippen molar-refractivity contribution in [3.63, 3.8) is 0 Å². The number of benzene rings is 1. The van der Waals surface area contributed by atoms with E-state index in [2.05, 4.69) is 20.2 Å². The highest BCUT2D eigenvalue weighted by Crippen LogP contribution is 2.34. The summed E-state index contributed by atoms with van der Waals surface area (Å²) in [6, 6.07) is 6.26. The first kappa shape index (κ1) is 18.9. The number of fused-ring (bicyclic) bond motifs is 3. The van der Waals surface area contributed by atoms with Crippen molar-refractivity contribution in [2.24, 2.45) is 5.18 Å². The maximum atomic E-state index is 13.0. The SMILES string of the molecule is O=Nc1ccc(-c2nc(N3CC4CCC(C3)O4)c3cnn(CC(F)(F)F)c3n2)cc1. The molecule has 2 atom stereocenters. The van der Waals surface area contributed by atoms with Crippen molar-refractivity contribution in [3.05, 3.63) is 35.4 Å². The molecule has 4 heterocycles. The molecule has 0 radical (unpaired) electrons. The molecule has 3 aromatic rings. The molecule has 2 saturated heterocycles. The van der Waals surface area contributed by atoms with Gasteiger partial charge in [0.1, 0.15) is 18.1 Å². The Morgan fingerprint density at radius 2 is 1.80 bits per heavy atom. The summed E-state index contributed by atoms with van der Waals surface area (Å²) in [5.74, 6) is 0.805. The van der Waals surface area contributed by atoms with Crippen LogP contribution < -0.4 is 4.90 Å². The van der Waals surface area contributed by atoms with Gasteiger partial charge in [0.05, 0.1) is 23.8 Å². The Kier molecular flexibility index (Phi) is 4.42. The quantitative estimate of drug-likeness (QED) is 0.599. The molecular formula is C19H17F3N6O2. The second kappa shape index (κ2) is 7.01. The minimum atomic E-state index is -4.43. The van der Waals surface area contributed by atoms with Crippen molar-refractivity contribution in [2.45, 2.75) is 37.8 Å². The summed E-state index contributed by atoms with van der Waals surface area (Å²) in [6.45, 7) is -0.0181. The van der Waals surface area contributed by atoms with Gasteiger partial charge in [0, 0.05) is 18.7 Å². The fraction of sp³-hybridized carbons (Fsp3) is 0.421. The molecule has 0 amide bonds. The first-order valence-electron chi connectivity index (χ1n) is 9.54. The molecule has 2 aliphatic heterocycles. The highest BCUT2D eigenvalue weighted by atomic mass is 19.4. The molecule has 11 heteroatoms. The molecule has 156 valence electrons. The largest absolute Gasteiger partial charge is 0.408 e. The number of halogens is 3. The van der Waals surface area contributed by atoms with E-state index in [1.54, 1.807) is 12.1 Å². The number of alkyl halides is 3. The Bertz CT molecular complexity index is 1090. The van der Waals surface area contributed by atoms with E-state index in [-0.39, 0.29) is 29.4 Å². The third kappa shape index (κ3) is 3.49. The van der Waals surface area contributed by atoms with Gasteiger partial charge in [-0.3, -0.25) is 0 Å². The average molecular weight is 418 g/mol. The molecule has 0 saturated carbocycles. The second-order valence-corrected chi connectivity index (χ2v) is 7.53. The van der Waals surface area contributed by atoms with E-state index in [4.69, 9.17) is 4.74 Å². The standard InChI is InChI=1S/C19H17F3N6O2/c20-19(21,22)10-28-18-15(7-23-28)17(27-8-13-5-6-14(9-27)30-13)24-16(25-18)11-1-3-12(26-29)4-2-11/h1-4,7,13-14H,5-6,8-10H2. The zero-order chi connectivity index (χ0) is 20.9. The van der Waals surface area contributed by atoms with Crippen molar-refractivity contribution in [3.8, 4) is 11.4 Å². The minimum absolute atomic E-state index is 0.0837. The summed E-state index contributed by atoms with van der Waals surface area (Å²) in [7, 11) is 0. The number of nitrogens with zero attached hydrogens (tertiary/aromatic N) is 6.